The third-order valence-corrected chi connectivity index (χ3v) is 3.53. The number of benzene rings is 2. The monoisotopic (exact) mass is 346 g/mol. The molecular weight excluding hydrogens is 328 g/mol. The molecule has 0 saturated carbocycles. The van der Waals surface area contributed by atoms with Crippen LogP contribution in [0.2, 0.25) is 5.02 Å². The first kappa shape index (κ1) is 17.8. The maximum absolute atomic E-state index is 12.2. The Labute approximate surface area is 146 Å². The summed E-state index contributed by atoms with van der Waals surface area (Å²) in [5, 5.41) is 5.94. The van der Waals surface area contributed by atoms with Gasteiger partial charge in [0.2, 0.25) is 0 Å². The van der Waals surface area contributed by atoms with Crippen molar-refractivity contribution in [3.8, 4) is 5.75 Å². The third-order valence-electron chi connectivity index (χ3n) is 3.24. The van der Waals surface area contributed by atoms with Crippen molar-refractivity contribution in [3.63, 3.8) is 0 Å². The van der Waals surface area contributed by atoms with Gasteiger partial charge in [0.15, 0.2) is 0 Å². The lowest BCUT2D eigenvalue weighted by Gasteiger charge is -2.10. The highest BCUT2D eigenvalue weighted by Gasteiger charge is 2.11. The average Bonchev–Trinajstić information content (AvgIpc) is 2.54. The summed E-state index contributed by atoms with van der Waals surface area (Å²) in [5.74, 6) is 0.0671. The highest BCUT2D eigenvalue weighted by Crippen LogP contribution is 2.25. The van der Waals surface area contributed by atoms with Gasteiger partial charge in [-0.3, -0.25) is 9.59 Å². The first-order chi connectivity index (χ1) is 11.4. The van der Waals surface area contributed by atoms with Crippen molar-refractivity contribution in [1.29, 1.82) is 0 Å². The van der Waals surface area contributed by atoms with Crippen LogP contribution in [0.1, 0.15) is 34.6 Å². The largest absolute Gasteiger partial charge is 0.495 e. The summed E-state index contributed by atoms with van der Waals surface area (Å²) in [6.07, 6.45) is 0. The van der Waals surface area contributed by atoms with Crippen molar-refractivity contribution < 1.29 is 14.3 Å². The van der Waals surface area contributed by atoms with Gasteiger partial charge in [-0.2, -0.15) is 0 Å². The number of methoxy groups -OCH3 is 1. The number of ether oxygens (including phenoxy) is 1. The standard InChI is InChI=1S/C18H19ClN2O3/c1-11(2)20-17(22)12-4-7-14(8-5-12)21-18(23)13-6-9-16(24-3)15(19)10-13/h4-11H,1-3H3,(H,20,22)(H,21,23). The second-order valence-electron chi connectivity index (χ2n) is 5.51. The Morgan fingerprint density at radius 2 is 1.62 bits per heavy atom. The number of hydrogen-bond acceptors (Lipinski definition) is 3. The van der Waals surface area contributed by atoms with Gasteiger partial charge >= 0.3 is 0 Å². The van der Waals surface area contributed by atoms with Crippen LogP contribution in [0.3, 0.4) is 0 Å². The highest BCUT2D eigenvalue weighted by molar-refractivity contribution is 6.32. The molecule has 0 aliphatic carbocycles. The van der Waals surface area contributed by atoms with Crippen LogP contribution in [0, 0.1) is 0 Å². The summed E-state index contributed by atoms with van der Waals surface area (Å²) in [6.45, 7) is 3.79. The molecule has 126 valence electrons. The Morgan fingerprint density at radius 1 is 1.00 bits per heavy atom. The van der Waals surface area contributed by atoms with Crippen molar-refractivity contribution in [2.45, 2.75) is 19.9 Å². The number of halogens is 1. The van der Waals surface area contributed by atoms with E-state index >= 15 is 0 Å². The molecule has 24 heavy (non-hydrogen) atoms. The van der Waals surface area contributed by atoms with Crippen molar-refractivity contribution in [2.24, 2.45) is 0 Å². The molecule has 2 N–H and O–H groups in total. The van der Waals surface area contributed by atoms with E-state index in [4.69, 9.17) is 16.3 Å². The predicted octanol–water partition coefficient (Wildman–Crippen LogP) is 3.74. The molecule has 0 heterocycles. The SMILES string of the molecule is COc1ccc(C(=O)Nc2ccc(C(=O)NC(C)C)cc2)cc1Cl. The topological polar surface area (TPSA) is 67.4 Å². The maximum atomic E-state index is 12.2. The summed E-state index contributed by atoms with van der Waals surface area (Å²) in [4.78, 5) is 24.1. The van der Waals surface area contributed by atoms with Crippen LogP contribution in [0.25, 0.3) is 0 Å². The number of rotatable bonds is 5. The molecule has 0 aliphatic rings. The van der Waals surface area contributed by atoms with Crippen LogP contribution in [0.15, 0.2) is 42.5 Å². The number of nitrogens with one attached hydrogen (secondary N) is 2. The molecule has 2 amide bonds. The first-order valence-corrected chi connectivity index (χ1v) is 7.84. The minimum absolute atomic E-state index is 0.0664. The molecule has 0 radical (unpaired) electrons. The molecule has 2 rings (SSSR count). The zero-order chi connectivity index (χ0) is 17.7. The Balaban J connectivity index is 2.07. The summed E-state index contributed by atoms with van der Waals surface area (Å²) in [7, 11) is 1.51. The van der Waals surface area contributed by atoms with Gasteiger partial charge in [0, 0.05) is 22.9 Å². The molecule has 5 nitrogen and oxygen atoms in total. The van der Waals surface area contributed by atoms with Crippen LogP contribution in [-0.4, -0.2) is 25.0 Å². The molecule has 0 atom stereocenters. The second kappa shape index (κ2) is 7.84. The Bertz CT molecular complexity index is 742. The molecule has 0 saturated heterocycles. The molecule has 0 aromatic heterocycles. The normalized spacial score (nSPS) is 10.4. The molecule has 0 unspecified atom stereocenters. The molecule has 6 heteroatoms. The fourth-order valence-electron chi connectivity index (χ4n) is 2.06. The molecule has 2 aromatic carbocycles. The Hall–Kier alpha value is -2.53. The molecule has 0 spiro atoms. The molecule has 0 bridgehead atoms. The summed E-state index contributed by atoms with van der Waals surface area (Å²) in [5.41, 5.74) is 1.55. The van der Waals surface area contributed by atoms with Crippen LogP contribution in [0.5, 0.6) is 5.75 Å². The zero-order valence-corrected chi connectivity index (χ0v) is 14.5. The number of carbonyl (C=O) groups is 2. The number of hydrogen-bond donors (Lipinski definition) is 2. The highest BCUT2D eigenvalue weighted by atomic mass is 35.5. The number of amides is 2. The van der Waals surface area contributed by atoms with Crippen molar-refractivity contribution in [1.82, 2.24) is 5.32 Å². The first-order valence-electron chi connectivity index (χ1n) is 7.46. The number of anilines is 1. The number of carbonyl (C=O) groups excluding carboxylic acids is 2. The third kappa shape index (κ3) is 4.49. The summed E-state index contributed by atoms with van der Waals surface area (Å²) < 4.78 is 5.06. The van der Waals surface area contributed by atoms with E-state index in [0.717, 1.165) is 0 Å². The Morgan fingerprint density at radius 3 is 2.17 bits per heavy atom. The van der Waals surface area contributed by atoms with Crippen molar-refractivity contribution in [2.75, 3.05) is 12.4 Å². The van der Waals surface area contributed by atoms with E-state index in [1.807, 2.05) is 13.8 Å². The minimum atomic E-state index is -0.293. The summed E-state index contributed by atoms with van der Waals surface area (Å²) in [6, 6.07) is 11.6. The second-order valence-corrected chi connectivity index (χ2v) is 5.92. The van der Waals surface area contributed by atoms with Gasteiger partial charge in [-0.15, -0.1) is 0 Å². The maximum Gasteiger partial charge on any atom is 0.255 e. The van der Waals surface area contributed by atoms with Crippen LogP contribution < -0.4 is 15.4 Å². The average molecular weight is 347 g/mol. The van der Waals surface area contributed by atoms with E-state index in [1.165, 1.54) is 7.11 Å². The molecular formula is C18H19ClN2O3. The van der Waals surface area contributed by atoms with E-state index in [9.17, 15) is 9.59 Å². The van der Waals surface area contributed by atoms with E-state index in [1.54, 1.807) is 42.5 Å². The smallest absolute Gasteiger partial charge is 0.255 e. The van der Waals surface area contributed by atoms with Crippen LogP contribution in [0.4, 0.5) is 5.69 Å². The summed E-state index contributed by atoms with van der Waals surface area (Å²) >= 11 is 6.02. The quantitative estimate of drug-likeness (QED) is 0.866. The van der Waals surface area contributed by atoms with Gasteiger partial charge in [-0.05, 0) is 56.3 Å². The minimum Gasteiger partial charge on any atom is -0.495 e. The van der Waals surface area contributed by atoms with Gasteiger partial charge in [0.05, 0.1) is 12.1 Å². The van der Waals surface area contributed by atoms with E-state index < -0.39 is 0 Å². The lowest BCUT2D eigenvalue weighted by Crippen LogP contribution is -2.30. The van der Waals surface area contributed by atoms with Gasteiger partial charge in [-0.25, -0.2) is 0 Å². The van der Waals surface area contributed by atoms with E-state index in [0.29, 0.717) is 27.6 Å². The van der Waals surface area contributed by atoms with Crippen molar-refractivity contribution >= 4 is 29.1 Å². The van der Waals surface area contributed by atoms with E-state index in [-0.39, 0.29) is 17.9 Å². The van der Waals surface area contributed by atoms with Crippen LogP contribution in [-0.2, 0) is 0 Å². The molecule has 0 aliphatic heterocycles. The lowest BCUT2D eigenvalue weighted by atomic mass is 10.1. The van der Waals surface area contributed by atoms with Crippen LogP contribution >= 0.6 is 11.6 Å². The lowest BCUT2D eigenvalue weighted by molar-refractivity contribution is 0.0942. The zero-order valence-electron chi connectivity index (χ0n) is 13.7. The molecule has 0 fully saturated rings. The van der Waals surface area contributed by atoms with Crippen molar-refractivity contribution in [3.05, 3.63) is 58.6 Å². The van der Waals surface area contributed by atoms with Gasteiger partial charge in [0.1, 0.15) is 5.75 Å². The van der Waals surface area contributed by atoms with Gasteiger partial charge in [0.25, 0.3) is 11.8 Å². The predicted molar refractivity (Wildman–Crippen MR) is 95.0 cm³/mol. The fourth-order valence-corrected chi connectivity index (χ4v) is 2.32. The van der Waals surface area contributed by atoms with E-state index in [2.05, 4.69) is 10.6 Å². The fraction of sp³-hybridized carbons (Fsp3) is 0.222. The van der Waals surface area contributed by atoms with Gasteiger partial charge in [-0.1, -0.05) is 11.6 Å². The van der Waals surface area contributed by atoms with Gasteiger partial charge < -0.3 is 15.4 Å². The Kier molecular flexibility index (Phi) is 5.82. The molecule has 2 aromatic rings.